The van der Waals surface area contributed by atoms with Crippen molar-refractivity contribution in [3.63, 3.8) is 0 Å². The highest BCUT2D eigenvalue weighted by molar-refractivity contribution is 7.92. The molecule has 1 heterocycles. The van der Waals surface area contributed by atoms with Crippen LogP contribution in [0.3, 0.4) is 0 Å². The summed E-state index contributed by atoms with van der Waals surface area (Å²) in [5.74, 6) is -0.0872. The lowest BCUT2D eigenvalue weighted by Crippen LogP contribution is -2.37. The molecule has 0 aliphatic carbocycles. The summed E-state index contributed by atoms with van der Waals surface area (Å²) in [5.41, 5.74) is 0.882. The molecule has 0 aromatic heterocycles. The van der Waals surface area contributed by atoms with Crippen LogP contribution in [0.2, 0.25) is 0 Å². The van der Waals surface area contributed by atoms with Gasteiger partial charge in [0.15, 0.2) is 0 Å². The fourth-order valence-electron chi connectivity index (χ4n) is 2.38. The Kier molecular flexibility index (Phi) is 4.32. The van der Waals surface area contributed by atoms with Gasteiger partial charge in [0.05, 0.1) is 17.5 Å². The zero-order chi connectivity index (χ0) is 14.8. The van der Waals surface area contributed by atoms with Crippen molar-refractivity contribution in [2.45, 2.75) is 19.3 Å². The highest BCUT2D eigenvalue weighted by Gasteiger charge is 2.24. The van der Waals surface area contributed by atoms with Gasteiger partial charge in [-0.25, -0.2) is 8.42 Å². The number of anilines is 1. The van der Waals surface area contributed by atoms with Crippen LogP contribution >= 0.6 is 0 Å². The highest BCUT2D eigenvalue weighted by Crippen LogP contribution is 2.24. The lowest BCUT2D eigenvalue weighted by atomic mass is 10.1. The van der Waals surface area contributed by atoms with Crippen LogP contribution in [-0.4, -0.2) is 45.6 Å². The van der Waals surface area contributed by atoms with Gasteiger partial charge in [-0.1, -0.05) is 12.1 Å². The number of carbonyl (C=O) groups excluding carboxylic acids is 1. The van der Waals surface area contributed by atoms with Crippen LogP contribution in [0.25, 0.3) is 0 Å². The Morgan fingerprint density at radius 3 is 2.35 bits per heavy atom. The quantitative estimate of drug-likeness (QED) is 0.853. The van der Waals surface area contributed by atoms with Gasteiger partial charge in [-0.15, -0.1) is 0 Å². The van der Waals surface area contributed by atoms with E-state index in [4.69, 9.17) is 0 Å². The molecular formula is C14H20N2O3S. The number of amides is 1. The maximum atomic E-state index is 12.6. The Morgan fingerprint density at radius 2 is 1.75 bits per heavy atom. The van der Waals surface area contributed by atoms with E-state index < -0.39 is 10.0 Å². The molecule has 0 atom stereocenters. The fourth-order valence-corrected chi connectivity index (χ4v) is 2.89. The summed E-state index contributed by atoms with van der Waals surface area (Å²) < 4.78 is 24.5. The smallest absolute Gasteiger partial charge is 0.255 e. The molecule has 5 nitrogen and oxygen atoms in total. The number of hydrogen-bond acceptors (Lipinski definition) is 3. The monoisotopic (exact) mass is 296 g/mol. The fraction of sp³-hybridized carbons (Fsp3) is 0.500. The van der Waals surface area contributed by atoms with E-state index in [1.807, 2.05) is 0 Å². The van der Waals surface area contributed by atoms with Crippen LogP contribution in [-0.2, 0) is 10.0 Å². The summed E-state index contributed by atoms with van der Waals surface area (Å²) in [6, 6.07) is 6.85. The van der Waals surface area contributed by atoms with Gasteiger partial charge in [-0.3, -0.25) is 9.10 Å². The number of piperidine rings is 1. The molecule has 0 spiro atoms. The number of carbonyl (C=O) groups is 1. The van der Waals surface area contributed by atoms with Crippen LogP contribution in [0.4, 0.5) is 5.69 Å². The number of likely N-dealkylation sites (tertiary alicyclic amines) is 1. The Hall–Kier alpha value is -1.56. The Balaban J connectivity index is 2.34. The van der Waals surface area contributed by atoms with Gasteiger partial charge in [-0.2, -0.15) is 0 Å². The first kappa shape index (κ1) is 14.8. The first-order valence-electron chi connectivity index (χ1n) is 6.73. The molecule has 1 saturated heterocycles. The zero-order valence-electron chi connectivity index (χ0n) is 11.9. The van der Waals surface area contributed by atoms with Crippen molar-refractivity contribution in [1.82, 2.24) is 4.90 Å². The molecule has 1 amide bonds. The van der Waals surface area contributed by atoms with Crippen LogP contribution in [0, 0.1) is 0 Å². The number of hydrogen-bond donors (Lipinski definition) is 0. The predicted octanol–water partition coefficient (Wildman–Crippen LogP) is 1.71. The normalized spacial score (nSPS) is 16.0. The second-order valence-corrected chi connectivity index (χ2v) is 7.11. The molecular weight excluding hydrogens is 276 g/mol. The average Bonchev–Trinajstić information content (AvgIpc) is 2.45. The van der Waals surface area contributed by atoms with Crippen molar-refractivity contribution in [3.05, 3.63) is 29.8 Å². The van der Waals surface area contributed by atoms with Crippen molar-refractivity contribution < 1.29 is 13.2 Å². The molecule has 0 bridgehead atoms. The van der Waals surface area contributed by atoms with Crippen molar-refractivity contribution in [2.24, 2.45) is 0 Å². The third kappa shape index (κ3) is 3.12. The van der Waals surface area contributed by atoms with E-state index in [0.717, 1.165) is 42.9 Å². The SMILES string of the molecule is CN(c1ccccc1C(=O)N1CCCCC1)S(C)(=O)=O. The lowest BCUT2D eigenvalue weighted by molar-refractivity contribution is 0.0725. The predicted molar refractivity (Wildman–Crippen MR) is 79.4 cm³/mol. The molecule has 1 aliphatic rings. The molecule has 1 aliphatic heterocycles. The van der Waals surface area contributed by atoms with Gasteiger partial charge in [-0.05, 0) is 31.4 Å². The van der Waals surface area contributed by atoms with E-state index in [1.165, 1.54) is 7.05 Å². The molecule has 20 heavy (non-hydrogen) atoms. The van der Waals surface area contributed by atoms with Crippen molar-refractivity contribution in [2.75, 3.05) is 30.7 Å². The molecule has 0 saturated carbocycles. The van der Waals surface area contributed by atoms with Crippen LogP contribution in [0.15, 0.2) is 24.3 Å². The first-order chi connectivity index (χ1) is 9.41. The number of benzene rings is 1. The van der Waals surface area contributed by atoms with Crippen LogP contribution in [0.1, 0.15) is 29.6 Å². The van der Waals surface area contributed by atoms with Gasteiger partial charge >= 0.3 is 0 Å². The molecule has 1 fully saturated rings. The van der Waals surface area contributed by atoms with Crippen molar-refractivity contribution in [1.29, 1.82) is 0 Å². The maximum Gasteiger partial charge on any atom is 0.255 e. The summed E-state index contributed by atoms with van der Waals surface area (Å²) >= 11 is 0. The maximum absolute atomic E-state index is 12.6. The standard InChI is InChI=1S/C14H20N2O3S/c1-15(20(2,18)19)13-9-5-4-8-12(13)14(17)16-10-6-3-7-11-16/h4-5,8-9H,3,6-7,10-11H2,1-2H3. The minimum absolute atomic E-state index is 0.0872. The van der Waals surface area contributed by atoms with E-state index >= 15 is 0 Å². The average molecular weight is 296 g/mol. The van der Waals surface area contributed by atoms with Gasteiger partial charge in [0.25, 0.3) is 5.91 Å². The number of sulfonamides is 1. The minimum Gasteiger partial charge on any atom is -0.339 e. The number of nitrogens with zero attached hydrogens (tertiary/aromatic N) is 2. The second-order valence-electron chi connectivity index (χ2n) is 5.10. The largest absolute Gasteiger partial charge is 0.339 e. The summed E-state index contributed by atoms with van der Waals surface area (Å²) in [5, 5.41) is 0. The second kappa shape index (κ2) is 5.83. The van der Waals surface area contributed by atoms with Gasteiger partial charge in [0.2, 0.25) is 10.0 Å². The van der Waals surface area contributed by atoms with E-state index in [-0.39, 0.29) is 5.91 Å². The molecule has 110 valence electrons. The Bertz CT molecular complexity index is 592. The van der Waals surface area contributed by atoms with Crippen molar-refractivity contribution in [3.8, 4) is 0 Å². The van der Waals surface area contributed by atoms with Crippen LogP contribution in [0.5, 0.6) is 0 Å². The van der Waals surface area contributed by atoms with Gasteiger partial charge in [0, 0.05) is 20.1 Å². The molecule has 1 aromatic carbocycles. The Labute approximate surface area is 120 Å². The third-order valence-electron chi connectivity index (χ3n) is 3.61. The van der Waals surface area contributed by atoms with Gasteiger partial charge < -0.3 is 4.90 Å². The Morgan fingerprint density at radius 1 is 1.15 bits per heavy atom. The number of rotatable bonds is 3. The molecule has 0 radical (unpaired) electrons. The molecule has 6 heteroatoms. The lowest BCUT2D eigenvalue weighted by Gasteiger charge is -2.28. The van der Waals surface area contributed by atoms with E-state index in [9.17, 15) is 13.2 Å². The molecule has 0 unspecified atom stereocenters. The van der Waals surface area contributed by atoms with E-state index in [2.05, 4.69) is 0 Å². The number of para-hydroxylation sites is 1. The van der Waals surface area contributed by atoms with E-state index in [0.29, 0.717) is 11.3 Å². The summed E-state index contributed by atoms with van der Waals surface area (Å²) in [7, 11) is -1.91. The van der Waals surface area contributed by atoms with E-state index in [1.54, 1.807) is 29.2 Å². The zero-order valence-corrected chi connectivity index (χ0v) is 12.7. The molecule has 2 rings (SSSR count). The summed E-state index contributed by atoms with van der Waals surface area (Å²) in [6.07, 6.45) is 4.30. The molecule has 0 N–H and O–H groups in total. The first-order valence-corrected chi connectivity index (χ1v) is 8.58. The summed E-state index contributed by atoms with van der Waals surface area (Å²) in [4.78, 5) is 14.4. The highest BCUT2D eigenvalue weighted by atomic mass is 32.2. The van der Waals surface area contributed by atoms with Crippen molar-refractivity contribution >= 4 is 21.6 Å². The molecule has 1 aromatic rings. The third-order valence-corrected chi connectivity index (χ3v) is 4.81. The minimum atomic E-state index is -3.38. The van der Waals surface area contributed by atoms with Crippen LogP contribution < -0.4 is 4.31 Å². The van der Waals surface area contributed by atoms with Gasteiger partial charge in [0.1, 0.15) is 0 Å². The summed E-state index contributed by atoms with van der Waals surface area (Å²) in [6.45, 7) is 1.49. The topological polar surface area (TPSA) is 57.7 Å².